The first kappa shape index (κ1) is 22.5. The van der Waals surface area contributed by atoms with Crippen molar-refractivity contribution in [3.05, 3.63) is 83.5 Å². The third kappa shape index (κ3) is 4.74. The number of nitrogens with two attached hydrogens (primary N) is 1. The van der Waals surface area contributed by atoms with E-state index in [-0.39, 0.29) is 10.6 Å². The second kappa shape index (κ2) is 9.05. The first-order valence-corrected chi connectivity index (χ1v) is 11.7. The third-order valence-corrected chi connectivity index (χ3v) is 6.74. The van der Waals surface area contributed by atoms with Crippen LogP contribution in [0.4, 0.5) is 11.4 Å². The molecule has 0 aliphatic heterocycles. The SMILES string of the molecule is COc1ccc(Cl)cc1C(Nc1ccccc1S(=O)(=O)Nc1ccc2[nH]ccc2c1)C(N)=O. The number of amides is 1. The summed E-state index contributed by atoms with van der Waals surface area (Å²) in [6.07, 6.45) is 1.77. The summed E-state index contributed by atoms with van der Waals surface area (Å²) in [5.41, 5.74) is 7.52. The molecule has 0 bridgehead atoms. The van der Waals surface area contributed by atoms with Crippen LogP contribution in [0, 0.1) is 0 Å². The van der Waals surface area contributed by atoms with Crippen molar-refractivity contribution in [3.63, 3.8) is 0 Å². The maximum absolute atomic E-state index is 13.2. The van der Waals surface area contributed by atoms with Gasteiger partial charge in [-0.2, -0.15) is 0 Å². The number of halogens is 1. The highest BCUT2D eigenvalue weighted by Gasteiger charge is 2.26. The minimum atomic E-state index is -4.01. The van der Waals surface area contributed by atoms with Crippen molar-refractivity contribution in [1.82, 2.24) is 4.98 Å². The standard InChI is InChI=1S/C23H21ClN4O4S/c1-32-20-9-6-15(24)13-17(20)22(23(25)29)27-19-4-2-3-5-21(19)33(30,31)28-16-7-8-18-14(12-16)10-11-26-18/h2-13,22,26-28H,1H3,(H2,25,29). The normalized spacial score (nSPS) is 12.3. The summed E-state index contributed by atoms with van der Waals surface area (Å²) in [4.78, 5) is 15.3. The minimum Gasteiger partial charge on any atom is -0.496 e. The van der Waals surface area contributed by atoms with Gasteiger partial charge in [-0.3, -0.25) is 9.52 Å². The van der Waals surface area contributed by atoms with E-state index in [1.807, 2.05) is 6.07 Å². The van der Waals surface area contributed by atoms with Gasteiger partial charge in [-0.05, 0) is 54.6 Å². The summed E-state index contributed by atoms with van der Waals surface area (Å²) in [5, 5.41) is 4.19. The third-order valence-electron chi connectivity index (χ3n) is 5.07. The van der Waals surface area contributed by atoms with Gasteiger partial charge in [0.1, 0.15) is 16.7 Å². The summed E-state index contributed by atoms with van der Waals surface area (Å²) < 4.78 is 34.4. The van der Waals surface area contributed by atoms with Crippen molar-refractivity contribution < 1.29 is 17.9 Å². The molecular weight excluding hydrogens is 464 g/mol. The number of carbonyl (C=O) groups is 1. The summed E-state index contributed by atoms with van der Waals surface area (Å²) in [6.45, 7) is 0. The van der Waals surface area contributed by atoms with Crippen LogP contribution in [0.25, 0.3) is 10.9 Å². The quantitative estimate of drug-likeness (QED) is 0.297. The number of carbonyl (C=O) groups excluding carboxylic acids is 1. The molecule has 3 aromatic carbocycles. The second-order valence-electron chi connectivity index (χ2n) is 7.25. The smallest absolute Gasteiger partial charge is 0.263 e. The number of aromatic nitrogens is 1. The Morgan fingerprint density at radius 3 is 2.64 bits per heavy atom. The van der Waals surface area contributed by atoms with Gasteiger partial charge in [-0.1, -0.05) is 23.7 Å². The molecule has 1 amide bonds. The van der Waals surface area contributed by atoms with Crippen LogP contribution in [0.15, 0.2) is 77.8 Å². The Kier molecular flexibility index (Phi) is 6.17. The Balaban J connectivity index is 1.70. The molecule has 170 valence electrons. The van der Waals surface area contributed by atoms with Crippen LogP contribution in [0.5, 0.6) is 5.75 Å². The lowest BCUT2D eigenvalue weighted by Gasteiger charge is -2.21. The fourth-order valence-electron chi connectivity index (χ4n) is 3.54. The molecule has 0 aliphatic rings. The van der Waals surface area contributed by atoms with Crippen molar-refractivity contribution in [2.24, 2.45) is 5.73 Å². The van der Waals surface area contributed by atoms with Crippen LogP contribution in [-0.4, -0.2) is 26.4 Å². The number of benzene rings is 3. The fraction of sp³-hybridized carbons (Fsp3) is 0.0870. The van der Waals surface area contributed by atoms with Crippen molar-refractivity contribution in [1.29, 1.82) is 0 Å². The number of hydrogen-bond acceptors (Lipinski definition) is 5. The molecule has 1 aromatic heterocycles. The molecule has 0 aliphatic carbocycles. The number of ether oxygens (including phenoxy) is 1. The van der Waals surface area contributed by atoms with Gasteiger partial charge < -0.3 is 20.8 Å². The predicted octanol–water partition coefficient (Wildman–Crippen LogP) is 4.27. The number of hydrogen-bond donors (Lipinski definition) is 4. The Hall–Kier alpha value is -3.69. The van der Waals surface area contributed by atoms with E-state index in [4.69, 9.17) is 22.1 Å². The van der Waals surface area contributed by atoms with Crippen molar-refractivity contribution in [2.75, 3.05) is 17.1 Å². The lowest BCUT2D eigenvalue weighted by Crippen LogP contribution is -2.29. The number of aromatic amines is 1. The van der Waals surface area contributed by atoms with Crippen LogP contribution in [0.3, 0.4) is 0 Å². The van der Waals surface area contributed by atoms with Gasteiger partial charge in [-0.15, -0.1) is 0 Å². The monoisotopic (exact) mass is 484 g/mol. The Morgan fingerprint density at radius 1 is 1.09 bits per heavy atom. The molecule has 4 aromatic rings. The zero-order valence-electron chi connectivity index (χ0n) is 17.5. The number of fused-ring (bicyclic) bond motifs is 1. The summed E-state index contributed by atoms with van der Waals surface area (Å²) in [5.74, 6) is -0.345. The molecule has 1 unspecified atom stereocenters. The van der Waals surface area contributed by atoms with Crippen molar-refractivity contribution >= 4 is 49.8 Å². The Bertz CT molecular complexity index is 1440. The summed E-state index contributed by atoms with van der Waals surface area (Å²) >= 11 is 6.11. The van der Waals surface area contributed by atoms with E-state index in [0.717, 1.165) is 10.9 Å². The predicted molar refractivity (Wildman–Crippen MR) is 129 cm³/mol. The molecule has 5 N–H and O–H groups in total. The van der Waals surface area contributed by atoms with Gasteiger partial charge in [0.25, 0.3) is 10.0 Å². The van der Waals surface area contributed by atoms with Gasteiger partial charge in [0, 0.05) is 33.4 Å². The molecule has 0 saturated heterocycles. The van der Waals surface area contributed by atoms with Crippen molar-refractivity contribution in [3.8, 4) is 5.75 Å². The molecule has 4 rings (SSSR count). The lowest BCUT2D eigenvalue weighted by atomic mass is 10.0. The first-order chi connectivity index (χ1) is 15.8. The van der Waals surface area contributed by atoms with Gasteiger partial charge in [0.05, 0.1) is 12.8 Å². The number of H-pyrrole nitrogens is 1. The molecule has 33 heavy (non-hydrogen) atoms. The van der Waals surface area contributed by atoms with Gasteiger partial charge >= 0.3 is 0 Å². The number of methoxy groups -OCH3 is 1. The summed E-state index contributed by atoms with van der Waals surface area (Å²) in [6, 6.07) is 16.9. The molecule has 1 heterocycles. The molecule has 8 nitrogen and oxygen atoms in total. The first-order valence-electron chi connectivity index (χ1n) is 9.87. The molecule has 0 spiro atoms. The minimum absolute atomic E-state index is 0.0496. The highest BCUT2D eigenvalue weighted by molar-refractivity contribution is 7.92. The van der Waals surface area contributed by atoms with E-state index in [9.17, 15) is 13.2 Å². The zero-order valence-corrected chi connectivity index (χ0v) is 19.1. The highest BCUT2D eigenvalue weighted by atomic mass is 35.5. The molecule has 0 saturated carbocycles. The molecule has 1 atom stereocenters. The second-order valence-corrected chi connectivity index (χ2v) is 9.33. The molecule has 0 radical (unpaired) electrons. The van der Waals surface area contributed by atoms with Crippen LogP contribution in [0.1, 0.15) is 11.6 Å². The van der Waals surface area contributed by atoms with E-state index in [1.165, 1.54) is 13.2 Å². The largest absolute Gasteiger partial charge is 0.496 e. The van der Waals surface area contributed by atoms with E-state index < -0.39 is 22.0 Å². The summed E-state index contributed by atoms with van der Waals surface area (Å²) in [7, 11) is -2.55. The van der Waals surface area contributed by atoms with Crippen LogP contribution in [0.2, 0.25) is 5.02 Å². The van der Waals surface area contributed by atoms with Gasteiger partial charge in [-0.25, -0.2) is 8.42 Å². The van der Waals surface area contributed by atoms with Gasteiger partial charge in [0.2, 0.25) is 5.91 Å². The fourth-order valence-corrected chi connectivity index (χ4v) is 4.94. The molecular formula is C23H21ClN4O4S. The van der Waals surface area contributed by atoms with Gasteiger partial charge in [0.15, 0.2) is 0 Å². The lowest BCUT2D eigenvalue weighted by molar-refractivity contribution is -0.118. The molecule has 10 heteroatoms. The number of primary amides is 1. The van der Waals surface area contributed by atoms with Crippen LogP contribution in [-0.2, 0) is 14.8 Å². The van der Waals surface area contributed by atoms with E-state index in [0.29, 0.717) is 22.0 Å². The average molecular weight is 485 g/mol. The topological polar surface area (TPSA) is 126 Å². The van der Waals surface area contributed by atoms with Crippen LogP contribution < -0.4 is 20.5 Å². The van der Waals surface area contributed by atoms with Crippen LogP contribution >= 0.6 is 11.6 Å². The van der Waals surface area contributed by atoms with E-state index >= 15 is 0 Å². The maximum atomic E-state index is 13.2. The van der Waals surface area contributed by atoms with Crippen molar-refractivity contribution in [2.45, 2.75) is 10.9 Å². The zero-order chi connectivity index (χ0) is 23.6. The maximum Gasteiger partial charge on any atom is 0.263 e. The number of sulfonamides is 1. The number of rotatable bonds is 8. The average Bonchev–Trinajstić information content (AvgIpc) is 3.25. The molecule has 0 fully saturated rings. The number of para-hydroxylation sites is 1. The highest BCUT2D eigenvalue weighted by Crippen LogP contribution is 2.33. The Morgan fingerprint density at radius 2 is 1.88 bits per heavy atom. The number of anilines is 2. The van der Waals surface area contributed by atoms with E-state index in [2.05, 4.69) is 15.0 Å². The number of nitrogens with one attached hydrogen (secondary N) is 3. The van der Waals surface area contributed by atoms with E-state index in [1.54, 1.807) is 60.8 Å². The Labute approximate surface area is 195 Å².